The van der Waals surface area contributed by atoms with Crippen LogP contribution in [0.25, 0.3) is 38.6 Å². The molecule has 2 nitrogen and oxygen atoms in total. The first-order valence-corrected chi connectivity index (χ1v) is 11.8. The van der Waals surface area contributed by atoms with Crippen LogP contribution in [0.3, 0.4) is 0 Å². The Morgan fingerprint density at radius 2 is 1.45 bits per heavy atom. The number of benzene rings is 3. The zero-order valence-electron chi connectivity index (χ0n) is 18.7. The van der Waals surface area contributed by atoms with Gasteiger partial charge < -0.3 is 0 Å². The molecule has 3 heteroatoms. The SMILES string of the molecule is Cc1ccc2c(c1)c1ccccc1c1ncc(-c3c(C(C)C)cc(Br)cc3C(C)C)n21. The van der Waals surface area contributed by atoms with Gasteiger partial charge in [-0.1, -0.05) is 79.5 Å². The van der Waals surface area contributed by atoms with Gasteiger partial charge in [-0.25, -0.2) is 4.98 Å². The topological polar surface area (TPSA) is 17.3 Å². The average Bonchev–Trinajstić information content (AvgIpc) is 3.18. The molecule has 0 spiro atoms. The Labute approximate surface area is 192 Å². The van der Waals surface area contributed by atoms with Gasteiger partial charge in [0.05, 0.1) is 17.4 Å². The fraction of sp³-hybridized carbons (Fsp3) is 0.250. The molecule has 0 radical (unpaired) electrons. The molecular formula is C28H27BrN2. The molecule has 5 aromatic rings. The van der Waals surface area contributed by atoms with Crippen LogP contribution in [0.15, 0.2) is 65.3 Å². The van der Waals surface area contributed by atoms with Crippen LogP contribution in [0.5, 0.6) is 0 Å². The average molecular weight is 471 g/mol. The maximum Gasteiger partial charge on any atom is 0.145 e. The fourth-order valence-corrected chi connectivity index (χ4v) is 5.29. The van der Waals surface area contributed by atoms with Crippen LogP contribution in [0.4, 0.5) is 0 Å². The standard InChI is InChI=1S/C28H27BrN2/c1-16(2)22-13-19(29)14-23(17(3)4)27(22)26-15-30-28-21-9-7-6-8-20(21)24-12-18(5)10-11-25(24)31(26)28/h6-17H,1-5H3. The Hall–Kier alpha value is -2.65. The Bertz CT molecular complexity index is 1430. The molecule has 0 aliphatic heterocycles. The molecule has 0 saturated heterocycles. The van der Waals surface area contributed by atoms with E-state index in [0.29, 0.717) is 11.8 Å². The van der Waals surface area contributed by atoms with E-state index in [9.17, 15) is 0 Å². The maximum absolute atomic E-state index is 4.97. The van der Waals surface area contributed by atoms with Crippen LogP contribution in [0.1, 0.15) is 56.2 Å². The largest absolute Gasteiger partial charge is 0.292 e. The van der Waals surface area contributed by atoms with Crippen molar-refractivity contribution in [1.29, 1.82) is 0 Å². The van der Waals surface area contributed by atoms with Crippen molar-refractivity contribution in [3.63, 3.8) is 0 Å². The molecule has 5 rings (SSSR count). The van der Waals surface area contributed by atoms with Gasteiger partial charge in [0, 0.05) is 20.8 Å². The quantitative estimate of drug-likeness (QED) is 0.241. The number of fused-ring (bicyclic) bond motifs is 6. The van der Waals surface area contributed by atoms with E-state index >= 15 is 0 Å². The molecule has 3 aromatic carbocycles. The molecule has 0 N–H and O–H groups in total. The number of hydrogen-bond acceptors (Lipinski definition) is 1. The third kappa shape index (κ3) is 3.18. The van der Waals surface area contributed by atoms with Gasteiger partial charge in [0.15, 0.2) is 0 Å². The number of imidazole rings is 1. The highest BCUT2D eigenvalue weighted by Crippen LogP contribution is 2.41. The molecule has 0 aliphatic rings. The van der Waals surface area contributed by atoms with Gasteiger partial charge in [0.2, 0.25) is 0 Å². The van der Waals surface area contributed by atoms with Crippen molar-refractivity contribution in [2.45, 2.75) is 46.5 Å². The van der Waals surface area contributed by atoms with E-state index in [2.05, 4.69) is 116 Å². The van der Waals surface area contributed by atoms with Crippen LogP contribution in [-0.4, -0.2) is 9.38 Å². The smallest absolute Gasteiger partial charge is 0.145 e. The van der Waals surface area contributed by atoms with Crippen LogP contribution in [0.2, 0.25) is 0 Å². The molecule has 0 aliphatic carbocycles. The van der Waals surface area contributed by atoms with Gasteiger partial charge >= 0.3 is 0 Å². The lowest BCUT2D eigenvalue weighted by molar-refractivity contribution is 0.834. The first kappa shape index (κ1) is 20.3. The minimum absolute atomic E-state index is 0.407. The Morgan fingerprint density at radius 3 is 2.10 bits per heavy atom. The van der Waals surface area contributed by atoms with Crippen molar-refractivity contribution >= 4 is 43.3 Å². The minimum atomic E-state index is 0.407. The van der Waals surface area contributed by atoms with Gasteiger partial charge in [0.25, 0.3) is 0 Å². The number of pyridine rings is 1. The monoisotopic (exact) mass is 470 g/mol. The number of rotatable bonds is 3. The first-order chi connectivity index (χ1) is 14.9. The zero-order valence-corrected chi connectivity index (χ0v) is 20.3. The van der Waals surface area contributed by atoms with Crippen LogP contribution < -0.4 is 0 Å². The molecule has 156 valence electrons. The van der Waals surface area contributed by atoms with Crippen LogP contribution in [0, 0.1) is 6.92 Å². The van der Waals surface area contributed by atoms with E-state index in [-0.39, 0.29) is 0 Å². The summed E-state index contributed by atoms with van der Waals surface area (Å²) in [5, 5.41) is 3.73. The summed E-state index contributed by atoms with van der Waals surface area (Å²) in [5.74, 6) is 0.814. The molecule has 0 saturated carbocycles. The number of aromatic nitrogens is 2. The van der Waals surface area contributed by atoms with Gasteiger partial charge in [-0.3, -0.25) is 4.40 Å². The summed E-state index contributed by atoms with van der Waals surface area (Å²) in [5.41, 5.74) is 8.70. The van der Waals surface area contributed by atoms with Crippen LogP contribution >= 0.6 is 15.9 Å². The van der Waals surface area contributed by atoms with Crippen molar-refractivity contribution in [3.05, 3.63) is 82.0 Å². The molecule has 2 aromatic heterocycles. The number of halogens is 1. The molecule has 0 amide bonds. The van der Waals surface area contributed by atoms with E-state index in [0.717, 1.165) is 10.1 Å². The molecule has 31 heavy (non-hydrogen) atoms. The molecular weight excluding hydrogens is 444 g/mol. The molecule has 2 heterocycles. The zero-order chi connectivity index (χ0) is 21.9. The van der Waals surface area contributed by atoms with E-state index in [1.54, 1.807) is 0 Å². The summed E-state index contributed by atoms with van der Waals surface area (Å²) < 4.78 is 3.52. The molecule has 0 atom stereocenters. The number of hydrogen-bond donors (Lipinski definition) is 0. The van der Waals surface area contributed by atoms with E-state index < -0.39 is 0 Å². The van der Waals surface area contributed by atoms with Gasteiger partial charge in [-0.15, -0.1) is 0 Å². The second-order valence-electron chi connectivity index (χ2n) is 9.14. The Balaban J connectivity index is 2.01. The lowest BCUT2D eigenvalue weighted by atomic mass is 9.87. The van der Waals surface area contributed by atoms with Crippen molar-refractivity contribution in [2.75, 3.05) is 0 Å². The lowest BCUT2D eigenvalue weighted by Gasteiger charge is -2.21. The summed E-state index contributed by atoms with van der Waals surface area (Å²) in [6.45, 7) is 11.3. The molecule has 0 fully saturated rings. The summed E-state index contributed by atoms with van der Waals surface area (Å²) in [6.07, 6.45) is 2.07. The number of nitrogens with zero attached hydrogens (tertiary/aromatic N) is 2. The maximum atomic E-state index is 4.97. The van der Waals surface area contributed by atoms with Crippen molar-refractivity contribution in [1.82, 2.24) is 9.38 Å². The second kappa shape index (κ2) is 7.49. The normalized spacial score (nSPS) is 12.1. The van der Waals surface area contributed by atoms with Crippen LogP contribution in [-0.2, 0) is 0 Å². The third-order valence-corrected chi connectivity index (χ3v) is 6.74. The highest BCUT2D eigenvalue weighted by Gasteiger charge is 2.22. The Kier molecular flexibility index (Phi) is 4.90. The predicted molar refractivity (Wildman–Crippen MR) is 136 cm³/mol. The predicted octanol–water partition coefficient (Wildman–Crippen LogP) is 8.63. The Morgan fingerprint density at radius 1 is 0.806 bits per heavy atom. The highest BCUT2D eigenvalue weighted by molar-refractivity contribution is 9.10. The molecule has 0 unspecified atom stereocenters. The summed E-state index contributed by atoms with van der Waals surface area (Å²) in [6, 6.07) is 19.9. The van der Waals surface area contributed by atoms with Crippen molar-refractivity contribution in [2.24, 2.45) is 0 Å². The molecule has 0 bridgehead atoms. The van der Waals surface area contributed by atoms with Gasteiger partial charge in [-0.2, -0.15) is 0 Å². The summed E-state index contributed by atoms with van der Waals surface area (Å²) in [7, 11) is 0. The van der Waals surface area contributed by atoms with Gasteiger partial charge in [0.1, 0.15) is 5.65 Å². The van der Waals surface area contributed by atoms with E-state index in [1.807, 2.05) is 0 Å². The highest BCUT2D eigenvalue weighted by atomic mass is 79.9. The summed E-state index contributed by atoms with van der Waals surface area (Å²) >= 11 is 3.75. The fourth-order valence-electron chi connectivity index (χ4n) is 4.79. The van der Waals surface area contributed by atoms with E-state index in [4.69, 9.17) is 4.98 Å². The van der Waals surface area contributed by atoms with E-state index in [1.165, 1.54) is 49.6 Å². The number of aryl methyl sites for hydroxylation is 1. The van der Waals surface area contributed by atoms with Crippen molar-refractivity contribution in [3.8, 4) is 11.3 Å². The van der Waals surface area contributed by atoms with Gasteiger partial charge in [-0.05, 0) is 59.5 Å². The lowest BCUT2D eigenvalue weighted by Crippen LogP contribution is -2.03. The first-order valence-electron chi connectivity index (χ1n) is 11.0. The second-order valence-corrected chi connectivity index (χ2v) is 10.1. The minimum Gasteiger partial charge on any atom is -0.292 e. The van der Waals surface area contributed by atoms with Crippen molar-refractivity contribution < 1.29 is 0 Å². The third-order valence-electron chi connectivity index (χ3n) is 6.28. The summed E-state index contributed by atoms with van der Waals surface area (Å²) in [4.78, 5) is 4.97.